The predicted molar refractivity (Wildman–Crippen MR) is 101 cm³/mol. The van der Waals surface area contributed by atoms with Gasteiger partial charge in [0.1, 0.15) is 11.5 Å². The lowest BCUT2D eigenvalue weighted by Gasteiger charge is -2.16. The summed E-state index contributed by atoms with van der Waals surface area (Å²) in [6, 6.07) is 3.93. The Hall–Kier alpha value is -2.96. The van der Waals surface area contributed by atoms with Crippen LogP contribution in [0, 0.1) is 12.3 Å². The van der Waals surface area contributed by atoms with Gasteiger partial charge in [0.05, 0.1) is 24.4 Å². The second-order valence-corrected chi connectivity index (χ2v) is 8.57. The van der Waals surface area contributed by atoms with Crippen molar-refractivity contribution in [2.75, 3.05) is 11.5 Å². The smallest absolute Gasteiger partial charge is 0.242 e. The van der Waals surface area contributed by atoms with E-state index in [1.165, 1.54) is 12.4 Å². The van der Waals surface area contributed by atoms with Crippen LogP contribution < -0.4 is 14.4 Å². The molecule has 5 rings (SSSR count). The highest BCUT2D eigenvalue weighted by Crippen LogP contribution is 2.59. The lowest BCUT2D eigenvalue weighted by atomic mass is 9.92. The number of carbonyl (C=O) groups excluding carboxylic acids is 2. The molecule has 28 heavy (non-hydrogen) atoms. The first-order valence-electron chi connectivity index (χ1n) is 9.45. The van der Waals surface area contributed by atoms with Crippen molar-refractivity contribution in [3.63, 3.8) is 0 Å². The van der Waals surface area contributed by atoms with Crippen molar-refractivity contribution in [2.45, 2.75) is 45.4 Å². The van der Waals surface area contributed by atoms with Crippen LogP contribution in [0.1, 0.15) is 44.2 Å². The summed E-state index contributed by atoms with van der Waals surface area (Å²) < 4.78 is 12.0. The summed E-state index contributed by atoms with van der Waals surface area (Å²) in [7, 11) is 0. The van der Waals surface area contributed by atoms with Crippen LogP contribution in [0.3, 0.4) is 0 Å². The van der Waals surface area contributed by atoms with Gasteiger partial charge < -0.3 is 9.47 Å². The fraction of sp³-hybridized carbons (Fsp3) is 0.429. The summed E-state index contributed by atoms with van der Waals surface area (Å²) in [4.78, 5) is 34.1. The van der Waals surface area contributed by atoms with E-state index in [-0.39, 0.29) is 29.6 Å². The highest BCUT2D eigenvalue weighted by molar-refractivity contribution is 6.21. The SMILES string of the molecule is Cc1ccc(Oc2cnc(N3C(=O)CC(C)(C)C3=O)nc2)c2c1OCC21CC1. The van der Waals surface area contributed by atoms with Crippen LogP contribution in [-0.4, -0.2) is 28.4 Å². The third kappa shape index (κ3) is 2.42. The van der Waals surface area contributed by atoms with E-state index in [1.807, 2.05) is 19.1 Å². The minimum atomic E-state index is -0.726. The van der Waals surface area contributed by atoms with Gasteiger partial charge in [0.2, 0.25) is 17.8 Å². The van der Waals surface area contributed by atoms with E-state index in [0.717, 1.165) is 40.4 Å². The molecular formula is C21H21N3O4. The first-order valence-corrected chi connectivity index (χ1v) is 9.45. The number of benzene rings is 1. The maximum Gasteiger partial charge on any atom is 0.242 e. The van der Waals surface area contributed by atoms with Crippen LogP contribution in [0.25, 0.3) is 0 Å². The summed E-state index contributed by atoms with van der Waals surface area (Å²) in [5.74, 6) is 1.65. The Morgan fingerprint density at radius 1 is 1.14 bits per heavy atom. The fourth-order valence-electron chi connectivity index (χ4n) is 4.03. The summed E-state index contributed by atoms with van der Waals surface area (Å²) >= 11 is 0. The number of fused-ring (bicyclic) bond motifs is 2. The highest BCUT2D eigenvalue weighted by Gasteiger charge is 2.53. The Morgan fingerprint density at radius 2 is 1.86 bits per heavy atom. The van der Waals surface area contributed by atoms with Gasteiger partial charge in [-0.2, -0.15) is 0 Å². The first-order chi connectivity index (χ1) is 13.3. The van der Waals surface area contributed by atoms with E-state index in [9.17, 15) is 9.59 Å². The second kappa shape index (κ2) is 5.53. The molecule has 7 heteroatoms. The number of aryl methyl sites for hydroxylation is 1. The van der Waals surface area contributed by atoms with Crippen LogP contribution in [0.5, 0.6) is 17.2 Å². The molecule has 0 N–H and O–H groups in total. The lowest BCUT2D eigenvalue weighted by Crippen LogP contribution is -2.34. The van der Waals surface area contributed by atoms with Crippen LogP contribution in [0.4, 0.5) is 5.95 Å². The highest BCUT2D eigenvalue weighted by atomic mass is 16.5. The molecular weight excluding hydrogens is 358 g/mol. The molecule has 2 aliphatic heterocycles. The van der Waals surface area contributed by atoms with Gasteiger partial charge in [0, 0.05) is 17.4 Å². The Bertz CT molecular complexity index is 1010. The van der Waals surface area contributed by atoms with Gasteiger partial charge in [-0.3, -0.25) is 9.59 Å². The maximum absolute atomic E-state index is 12.4. The number of aromatic nitrogens is 2. The van der Waals surface area contributed by atoms with Crippen LogP contribution >= 0.6 is 0 Å². The molecule has 0 bridgehead atoms. The van der Waals surface area contributed by atoms with Crippen molar-refractivity contribution in [2.24, 2.45) is 5.41 Å². The molecule has 0 atom stereocenters. The molecule has 0 radical (unpaired) electrons. The Morgan fingerprint density at radius 3 is 2.46 bits per heavy atom. The molecule has 144 valence electrons. The number of carbonyl (C=O) groups is 2. The molecule has 0 unspecified atom stereocenters. The van der Waals surface area contributed by atoms with Crippen molar-refractivity contribution in [3.8, 4) is 17.2 Å². The number of rotatable bonds is 3. The molecule has 3 aliphatic rings. The van der Waals surface area contributed by atoms with E-state index in [2.05, 4.69) is 9.97 Å². The van der Waals surface area contributed by atoms with E-state index in [0.29, 0.717) is 12.4 Å². The van der Waals surface area contributed by atoms with Crippen molar-refractivity contribution in [1.29, 1.82) is 0 Å². The molecule has 3 heterocycles. The Balaban J connectivity index is 1.43. The van der Waals surface area contributed by atoms with Crippen LogP contribution in [0.15, 0.2) is 24.5 Å². The largest absolute Gasteiger partial charge is 0.492 e. The zero-order chi connectivity index (χ0) is 19.7. The lowest BCUT2D eigenvalue weighted by molar-refractivity contribution is -0.124. The third-order valence-electron chi connectivity index (χ3n) is 5.86. The minimum absolute atomic E-state index is 0.0808. The van der Waals surface area contributed by atoms with Crippen molar-refractivity contribution in [3.05, 3.63) is 35.7 Å². The molecule has 2 amide bonds. The normalized spacial score (nSPS) is 21.0. The van der Waals surface area contributed by atoms with Crippen molar-refractivity contribution < 1.29 is 19.1 Å². The predicted octanol–water partition coefficient (Wildman–Crippen LogP) is 3.29. The maximum atomic E-state index is 12.4. The molecule has 2 fully saturated rings. The molecule has 1 spiro atoms. The van der Waals surface area contributed by atoms with Gasteiger partial charge in [-0.1, -0.05) is 19.9 Å². The number of anilines is 1. The standard InChI is InChI=1S/C21H21N3O4/c1-12-4-5-14(16-17(12)27-11-21(16)6-7-21)28-13-9-22-19(23-10-13)24-15(25)8-20(2,3)18(24)26/h4-5,9-10H,6-8,11H2,1-3H3. The molecule has 1 aromatic heterocycles. The first kappa shape index (κ1) is 17.2. The number of hydrogen-bond donors (Lipinski definition) is 0. The number of ether oxygens (including phenoxy) is 2. The van der Waals surface area contributed by atoms with Gasteiger partial charge in [-0.15, -0.1) is 0 Å². The average Bonchev–Trinajstić information content (AvgIpc) is 3.26. The van der Waals surface area contributed by atoms with Gasteiger partial charge in [-0.05, 0) is 31.4 Å². The van der Waals surface area contributed by atoms with Gasteiger partial charge >= 0.3 is 0 Å². The monoisotopic (exact) mass is 379 g/mol. The number of amides is 2. The Kier molecular flexibility index (Phi) is 3.39. The van der Waals surface area contributed by atoms with E-state index in [4.69, 9.17) is 9.47 Å². The summed E-state index contributed by atoms with van der Waals surface area (Å²) in [6.07, 6.45) is 5.35. The molecule has 1 aliphatic carbocycles. The summed E-state index contributed by atoms with van der Waals surface area (Å²) in [5, 5.41) is 0. The fourth-order valence-corrected chi connectivity index (χ4v) is 4.03. The Labute approximate surface area is 162 Å². The molecule has 1 saturated carbocycles. The zero-order valence-corrected chi connectivity index (χ0v) is 16.1. The van der Waals surface area contributed by atoms with E-state index in [1.54, 1.807) is 13.8 Å². The van der Waals surface area contributed by atoms with Gasteiger partial charge in [0.25, 0.3) is 0 Å². The average molecular weight is 379 g/mol. The molecule has 7 nitrogen and oxygen atoms in total. The van der Waals surface area contributed by atoms with Gasteiger partial charge in [0.15, 0.2) is 5.75 Å². The van der Waals surface area contributed by atoms with Crippen molar-refractivity contribution >= 4 is 17.8 Å². The molecule has 1 aromatic carbocycles. The van der Waals surface area contributed by atoms with Crippen molar-refractivity contribution in [1.82, 2.24) is 9.97 Å². The minimum Gasteiger partial charge on any atom is -0.492 e. The zero-order valence-electron chi connectivity index (χ0n) is 16.1. The summed E-state index contributed by atoms with van der Waals surface area (Å²) in [5.41, 5.74) is 1.59. The van der Waals surface area contributed by atoms with Crippen LogP contribution in [-0.2, 0) is 15.0 Å². The number of nitrogens with zero attached hydrogens (tertiary/aromatic N) is 3. The second-order valence-electron chi connectivity index (χ2n) is 8.57. The quantitative estimate of drug-likeness (QED) is 0.761. The molecule has 2 aromatic rings. The molecule has 1 saturated heterocycles. The number of hydrogen-bond acceptors (Lipinski definition) is 6. The van der Waals surface area contributed by atoms with Gasteiger partial charge in [-0.25, -0.2) is 14.9 Å². The third-order valence-corrected chi connectivity index (χ3v) is 5.86. The summed E-state index contributed by atoms with van der Waals surface area (Å²) in [6.45, 7) is 6.23. The number of imide groups is 1. The van der Waals surface area contributed by atoms with Crippen LogP contribution in [0.2, 0.25) is 0 Å². The van der Waals surface area contributed by atoms with E-state index >= 15 is 0 Å². The topological polar surface area (TPSA) is 81.6 Å². The van der Waals surface area contributed by atoms with E-state index < -0.39 is 5.41 Å².